The van der Waals surface area contributed by atoms with Gasteiger partial charge in [0.2, 0.25) is 0 Å². The molecule has 0 aliphatic heterocycles. The highest BCUT2D eigenvalue weighted by atomic mass is 19.1. The lowest BCUT2D eigenvalue weighted by molar-refractivity contribution is 0.101. The fourth-order valence-electron chi connectivity index (χ4n) is 1.65. The third kappa shape index (κ3) is 1.74. The minimum Gasteiger partial charge on any atom is -0.294 e. The second kappa shape index (κ2) is 3.89. The number of nitrogens with zero attached hydrogens (tertiary/aromatic N) is 2. The maximum atomic E-state index is 12.8. The van der Waals surface area contributed by atoms with E-state index in [0.29, 0.717) is 11.3 Å². The summed E-state index contributed by atoms with van der Waals surface area (Å²) in [6, 6.07) is 6.01. The number of benzene rings is 1. The third-order valence-electron chi connectivity index (χ3n) is 2.44. The van der Waals surface area contributed by atoms with Crippen LogP contribution in [-0.4, -0.2) is 15.6 Å². The van der Waals surface area contributed by atoms with Gasteiger partial charge in [0.15, 0.2) is 5.78 Å². The standard InChI is InChI=1S/C12H11FN2O/c1-8(16)11-7-14-15(2)12(11)9-3-5-10(13)6-4-9/h3-7H,1-2H3. The molecule has 0 aliphatic rings. The van der Waals surface area contributed by atoms with Gasteiger partial charge in [0.05, 0.1) is 17.5 Å². The molecule has 0 N–H and O–H groups in total. The lowest BCUT2D eigenvalue weighted by atomic mass is 10.1. The van der Waals surface area contributed by atoms with Crippen LogP contribution in [0.2, 0.25) is 0 Å². The smallest absolute Gasteiger partial charge is 0.163 e. The predicted octanol–water partition coefficient (Wildman–Crippen LogP) is 2.43. The predicted molar refractivity (Wildman–Crippen MR) is 58.6 cm³/mol. The van der Waals surface area contributed by atoms with Crippen molar-refractivity contribution in [3.63, 3.8) is 0 Å². The first-order valence-corrected chi connectivity index (χ1v) is 4.88. The molecule has 3 nitrogen and oxygen atoms in total. The quantitative estimate of drug-likeness (QED) is 0.725. The maximum Gasteiger partial charge on any atom is 0.163 e. The van der Waals surface area contributed by atoms with E-state index in [1.54, 1.807) is 23.9 Å². The fourth-order valence-corrected chi connectivity index (χ4v) is 1.65. The van der Waals surface area contributed by atoms with Crippen LogP contribution in [0.25, 0.3) is 11.3 Å². The van der Waals surface area contributed by atoms with Gasteiger partial charge in [-0.15, -0.1) is 0 Å². The minimum absolute atomic E-state index is 0.0487. The highest BCUT2D eigenvalue weighted by Crippen LogP contribution is 2.23. The summed E-state index contributed by atoms with van der Waals surface area (Å²) in [6.07, 6.45) is 1.53. The molecule has 1 heterocycles. The Morgan fingerprint density at radius 3 is 2.50 bits per heavy atom. The molecule has 0 unspecified atom stereocenters. The summed E-state index contributed by atoms with van der Waals surface area (Å²) in [6.45, 7) is 1.49. The summed E-state index contributed by atoms with van der Waals surface area (Å²) in [5, 5.41) is 4.04. The Bertz CT molecular complexity index is 528. The summed E-state index contributed by atoms with van der Waals surface area (Å²) < 4.78 is 14.4. The summed E-state index contributed by atoms with van der Waals surface area (Å²) in [5.74, 6) is -0.345. The molecule has 82 valence electrons. The van der Waals surface area contributed by atoms with Crippen molar-refractivity contribution in [2.24, 2.45) is 7.05 Å². The molecule has 2 aromatic rings. The van der Waals surface area contributed by atoms with Crippen LogP contribution in [0, 0.1) is 5.82 Å². The highest BCUT2D eigenvalue weighted by molar-refractivity contribution is 5.99. The van der Waals surface area contributed by atoms with Gasteiger partial charge in [-0.2, -0.15) is 5.10 Å². The molecule has 0 amide bonds. The number of Topliss-reactive ketones (excluding diaryl/α,β-unsaturated/α-hetero) is 1. The zero-order valence-electron chi connectivity index (χ0n) is 9.07. The molecule has 2 rings (SSSR count). The molecule has 0 radical (unpaired) electrons. The fraction of sp³-hybridized carbons (Fsp3) is 0.167. The van der Waals surface area contributed by atoms with Crippen molar-refractivity contribution in [2.45, 2.75) is 6.92 Å². The second-order valence-corrected chi connectivity index (χ2v) is 3.59. The van der Waals surface area contributed by atoms with Crippen molar-refractivity contribution in [2.75, 3.05) is 0 Å². The summed E-state index contributed by atoms with van der Waals surface area (Å²) in [5.41, 5.74) is 2.05. The Balaban J connectivity index is 2.58. The number of hydrogen-bond donors (Lipinski definition) is 0. The molecule has 1 aromatic heterocycles. The minimum atomic E-state index is -0.296. The van der Waals surface area contributed by atoms with Crippen molar-refractivity contribution in [3.8, 4) is 11.3 Å². The Morgan fingerprint density at radius 2 is 1.94 bits per heavy atom. The number of halogens is 1. The van der Waals surface area contributed by atoms with Crippen LogP contribution < -0.4 is 0 Å². The Morgan fingerprint density at radius 1 is 1.31 bits per heavy atom. The zero-order valence-corrected chi connectivity index (χ0v) is 9.07. The maximum absolute atomic E-state index is 12.8. The lowest BCUT2D eigenvalue weighted by Crippen LogP contribution is -1.98. The van der Waals surface area contributed by atoms with Crippen LogP contribution in [-0.2, 0) is 7.05 Å². The normalized spacial score (nSPS) is 10.4. The van der Waals surface area contributed by atoms with E-state index in [0.717, 1.165) is 5.56 Å². The molecule has 0 fully saturated rings. The molecular formula is C12H11FN2O. The van der Waals surface area contributed by atoms with E-state index in [1.807, 2.05) is 0 Å². The average molecular weight is 218 g/mol. The van der Waals surface area contributed by atoms with E-state index in [1.165, 1.54) is 25.3 Å². The van der Waals surface area contributed by atoms with Crippen LogP contribution in [0.4, 0.5) is 4.39 Å². The highest BCUT2D eigenvalue weighted by Gasteiger charge is 2.13. The molecule has 1 aromatic carbocycles. The number of rotatable bonds is 2. The van der Waals surface area contributed by atoms with Gasteiger partial charge in [-0.25, -0.2) is 4.39 Å². The van der Waals surface area contributed by atoms with Crippen LogP contribution in [0.5, 0.6) is 0 Å². The van der Waals surface area contributed by atoms with E-state index in [-0.39, 0.29) is 11.6 Å². The van der Waals surface area contributed by atoms with E-state index in [4.69, 9.17) is 0 Å². The van der Waals surface area contributed by atoms with Gasteiger partial charge in [0.25, 0.3) is 0 Å². The van der Waals surface area contributed by atoms with Gasteiger partial charge in [-0.3, -0.25) is 9.48 Å². The van der Waals surface area contributed by atoms with E-state index in [2.05, 4.69) is 5.10 Å². The molecule has 0 atom stereocenters. The third-order valence-corrected chi connectivity index (χ3v) is 2.44. The van der Waals surface area contributed by atoms with Crippen molar-refractivity contribution < 1.29 is 9.18 Å². The summed E-state index contributed by atoms with van der Waals surface area (Å²) in [7, 11) is 1.76. The van der Waals surface area contributed by atoms with Crippen molar-refractivity contribution in [1.29, 1.82) is 0 Å². The number of carbonyl (C=O) groups excluding carboxylic acids is 1. The lowest BCUT2D eigenvalue weighted by Gasteiger charge is -2.04. The SMILES string of the molecule is CC(=O)c1cnn(C)c1-c1ccc(F)cc1. The van der Waals surface area contributed by atoms with Gasteiger partial charge in [0.1, 0.15) is 5.82 Å². The Hall–Kier alpha value is -1.97. The van der Waals surface area contributed by atoms with Gasteiger partial charge < -0.3 is 0 Å². The van der Waals surface area contributed by atoms with Gasteiger partial charge in [-0.05, 0) is 31.2 Å². The van der Waals surface area contributed by atoms with Crippen molar-refractivity contribution in [3.05, 3.63) is 41.8 Å². The summed E-state index contributed by atoms with van der Waals surface area (Å²) in [4.78, 5) is 11.4. The monoisotopic (exact) mass is 218 g/mol. The Kier molecular flexibility index (Phi) is 2.56. The Labute approximate surface area is 92.5 Å². The van der Waals surface area contributed by atoms with Gasteiger partial charge >= 0.3 is 0 Å². The van der Waals surface area contributed by atoms with Crippen molar-refractivity contribution in [1.82, 2.24) is 9.78 Å². The molecule has 0 bridgehead atoms. The molecule has 0 spiro atoms. The largest absolute Gasteiger partial charge is 0.294 e. The molecular weight excluding hydrogens is 207 g/mol. The number of ketones is 1. The van der Waals surface area contributed by atoms with E-state index < -0.39 is 0 Å². The van der Waals surface area contributed by atoms with Crippen LogP contribution in [0.1, 0.15) is 17.3 Å². The van der Waals surface area contributed by atoms with Gasteiger partial charge in [0, 0.05) is 12.6 Å². The topological polar surface area (TPSA) is 34.9 Å². The first kappa shape index (κ1) is 10.5. The molecule has 0 aliphatic carbocycles. The molecule has 0 saturated carbocycles. The second-order valence-electron chi connectivity index (χ2n) is 3.59. The van der Waals surface area contributed by atoms with Gasteiger partial charge in [-0.1, -0.05) is 0 Å². The number of hydrogen-bond acceptors (Lipinski definition) is 2. The summed E-state index contributed by atoms with van der Waals surface area (Å²) >= 11 is 0. The zero-order chi connectivity index (χ0) is 11.7. The number of aromatic nitrogens is 2. The van der Waals surface area contributed by atoms with Crippen LogP contribution in [0.3, 0.4) is 0 Å². The number of carbonyl (C=O) groups is 1. The van der Waals surface area contributed by atoms with E-state index in [9.17, 15) is 9.18 Å². The first-order chi connectivity index (χ1) is 7.59. The average Bonchev–Trinajstić information content (AvgIpc) is 2.62. The number of aryl methyl sites for hydroxylation is 1. The molecule has 0 saturated heterocycles. The van der Waals surface area contributed by atoms with E-state index >= 15 is 0 Å². The van der Waals surface area contributed by atoms with Crippen LogP contribution >= 0.6 is 0 Å². The molecule has 4 heteroatoms. The van der Waals surface area contributed by atoms with Crippen LogP contribution in [0.15, 0.2) is 30.5 Å². The molecule has 16 heavy (non-hydrogen) atoms. The first-order valence-electron chi connectivity index (χ1n) is 4.88. The van der Waals surface area contributed by atoms with Crippen molar-refractivity contribution >= 4 is 5.78 Å².